The fraction of sp³-hybridized carbons (Fsp3) is 0.524. The van der Waals surface area contributed by atoms with Crippen LogP contribution >= 0.6 is 35.6 Å². The highest BCUT2D eigenvalue weighted by Gasteiger charge is 2.22. The van der Waals surface area contributed by atoms with E-state index >= 15 is 0 Å². The van der Waals surface area contributed by atoms with Crippen LogP contribution in [0.15, 0.2) is 41.7 Å². The SMILES string of the molecule is CN=C(NCC(c1cnn(C)c1)N(C)C)N1CCN(Cc2cccc(Cl)c2)CC1.I. The van der Waals surface area contributed by atoms with Crippen LogP contribution < -0.4 is 5.32 Å². The Morgan fingerprint density at radius 2 is 2.00 bits per heavy atom. The molecule has 2 aromatic rings. The Morgan fingerprint density at radius 3 is 2.57 bits per heavy atom. The van der Waals surface area contributed by atoms with Gasteiger partial charge in [0.05, 0.1) is 12.2 Å². The van der Waals surface area contributed by atoms with E-state index in [1.807, 2.05) is 43.2 Å². The summed E-state index contributed by atoms with van der Waals surface area (Å²) < 4.78 is 1.85. The molecule has 7 nitrogen and oxygen atoms in total. The van der Waals surface area contributed by atoms with Gasteiger partial charge in [-0.05, 0) is 31.8 Å². The molecule has 0 radical (unpaired) electrons. The van der Waals surface area contributed by atoms with E-state index in [1.54, 1.807) is 0 Å². The van der Waals surface area contributed by atoms with Gasteiger partial charge in [-0.2, -0.15) is 5.10 Å². The van der Waals surface area contributed by atoms with Crippen LogP contribution in [0, 0.1) is 0 Å². The van der Waals surface area contributed by atoms with E-state index in [9.17, 15) is 0 Å². The highest BCUT2D eigenvalue weighted by molar-refractivity contribution is 14.0. The Bertz CT molecular complexity index is 815. The summed E-state index contributed by atoms with van der Waals surface area (Å²) in [4.78, 5) is 11.5. The molecule has 9 heteroatoms. The monoisotopic (exact) mass is 545 g/mol. The molecule has 1 aliphatic heterocycles. The van der Waals surface area contributed by atoms with E-state index in [0.29, 0.717) is 0 Å². The molecule has 1 aliphatic rings. The first-order valence-electron chi connectivity index (χ1n) is 10.0. The van der Waals surface area contributed by atoms with E-state index in [1.165, 1.54) is 11.1 Å². The number of likely N-dealkylation sites (N-methyl/N-ethyl adjacent to an activating group) is 1. The van der Waals surface area contributed by atoms with Crippen LogP contribution in [0.1, 0.15) is 17.2 Å². The van der Waals surface area contributed by atoms with Crippen LogP contribution in [0.2, 0.25) is 5.02 Å². The van der Waals surface area contributed by atoms with Crippen LogP contribution in [-0.2, 0) is 13.6 Å². The maximum atomic E-state index is 6.11. The number of hydrogen-bond donors (Lipinski definition) is 1. The summed E-state index contributed by atoms with van der Waals surface area (Å²) in [6.07, 6.45) is 4.01. The predicted octanol–water partition coefficient (Wildman–Crippen LogP) is 2.69. The summed E-state index contributed by atoms with van der Waals surface area (Å²) in [6, 6.07) is 8.37. The van der Waals surface area contributed by atoms with Crippen molar-refractivity contribution >= 4 is 41.5 Å². The van der Waals surface area contributed by atoms with Gasteiger partial charge in [0.25, 0.3) is 0 Å². The molecule has 30 heavy (non-hydrogen) atoms. The number of halogens is 2. The quantitative estimate of drug-likeness (QED) is 0.344. The van der Waals surface area contributed by atoms with Crippen molar-refractivity contribution in [1.29, 1.82) is 0 Å². The zero-order valence-electron chi connectivity index (χ0n) is 18.3. The molecule has 0 aliphatic carbocycles. The number of piperazine rings is 1. The van der Waals surface area contributed by atoms with Crippen LogP contribution in [0.5, 0.6) is 0 Å². The number of nitrogens with one attached hydrogen (secondary N) is 1. The van der Waals surface area contributed by atoms with Gasteiger partial charge in [-0.25, -0.2) is 0 Å². The number of rotatable bonds is 6. The third-order valence-electron chi connectivity index (χ3n) is 5.37. The van der Waals surface area contributed by atoms with Gasteiger partial charge in [-0.1, -0.05) is 23.7 Å². The van der Waals surface area contributed by atoms with Crippen molar-refractivity contribution < 1.29 is 0 Å². The molecule has 1 aromatic heterocycles. The van der Waals surface area contributed by atoms with Gasteiger partial charge in [-0.15, -0.1) is 24.0 Å². The second-order valence-corrected chi connectivity index (χ2v) is 8.18. The molecule has 0 bridgehead atoms. The van der Waals surface area contributed by atoms with E-state index in [0.717, 1.165) is 50.3 Å². The Hall–Kier alpha value is -1.36. The number of aryl methyl sites for hydroxylation is 1. The second-order valence-electron chi connectivity index (χ2n) is 7.75. The molecular weight excluding hydrogens is 513 g/mol. The van der Waals surface area contributed by atoms with Gasteiger partial charge in [0, 0.05) is 70.1 Å². The van der Waals surface area contributed by atoms with Crippen molar-refractivity contribution in [1.82, 2.24) is 29.8 Å². The summed E-state index contributed by atoms with van der Waals surface area (Å²) in [5, 5.41) is 8.68. The third kappa shape index (κ3) is 6.83. The molecule has 1 aromatic carbocycles. The number of nitrogens with zero attached hydrogens (tertiary/aromatic N) is 6. The van der Waals surface area contributed by atoms with Crippen molar-refractivity contribution in [3.8, 4) is 0 Å². The van der Waals surface area contributed by atoms with Crippen molar-refractivity contribution in [2.45, 2.75) is 12.6 Å². The standard InChI is InChI=1S/C21H32ClN7.HI/c1-23-21(24-14-20(26(2)3)18-13-25-27(4)16-18)29-10-8-28(9-11-29)15-17-6-5-7-19(22)12-17;/h5-7,12-13,16,20H,8-11,14-15H2,1-4H3,(H,23,24);1H. The molecule has 1 saturated heterocycles. The summed E-state index contributed by atoms with van der Waals surface area (Å²) in [5.74, 6) is 0.961. The van der Waals surface area contributed by atoms with E-state index in [4.69, 9.17) is 11.6 Å². The molecule has 1 fully saturated rings. The first-order chi connectivity index (χ1) is 14.0. The van der Waals surface area contributed by atoms with Crippen LogP contribution in [0.3, 0.4) is 0 Å². The molecule has 1 unspecified atom stereocenters. The zero-order chi connectivity index (χ0) is 20.8. The molecule has 3 rings (SSSR count). The molecule has 0 amide bonds. The Labute approximate surface area is 202 Å². The number of guanidine groups is 1. The smallest absolute Gasteiger partial charge is 0.193 e. The van der Waals surface area contributed by atoms with E-state index in [-0.39, 0.29) is 30.0 Å². The van der Waals surface area contributed by atoms with Crippen molar-refractivity contribution in [3.05, 3.63) is 52.8 Å². The van der Waals surface area contributed by atoms with Gasteiger partial charge in [0.15, 0.2) is 5.96 Å². The van der Waals surface area contributed by atoms with Crippen LogP contribution in [-0.4, -0.2) is 84.3 Å². The maximum absolute atomic E-state index is 6.11. The lowest BCUT2D eigenvalue weighted by Crippen LogP contribution is -2.53. The molecular formula is C21H33ClIN7. The van der Waals surface area contributed by atoms with Gasteiger partial charge < -0.3 is 15.1 Å². The van der Waals surface area contributed by atoms with Gasteiger partial charge in [0.1, 0.15) is 0 Å². The average molecular weight is 546 g/mol. The molecule has 1 N–H and O–H groups in total. The number of benzene rings is 1. The fourth-order valence-electron chi connectivity index (χ4n) is 3.74. The van der Waals surface area contributed by atoms with Gasteiger partial charge >= 0.3 is 0 Å². The second kappa shape index (κ2) is 11.9. The molecule has 0 spiro atoms. The number of aromatic nitrogens is 2. The topological polar surface area (TPSA) is 51.9 Å². The lowest BCUT2D eigenvalue weighted by atomic mass is 10.1. The van der Waals surface area contributed by atoms with Crippen LogP contribution in [0.4, 0.5) is 0 Å². The minimum absolute atomic E-state index is 0. The number of hydrogen-bond acceptors (Lipinski definition) is 4. The Balaban J connectivity index is 0.00000320. The molecule has 166 valence electrons. The highest BCUT2D eigenvalue weighted by atomic mass is 127. The zero-order valence-corrected chi connectivity index (χ0v) is 21.3. The maximum Gasteiger partial charge on any atom is 0.193 e. The minimum Gasteiger partial charge on any atom is -0.354 e. The summed E-state index contributed by atoms with van der Waals surface area (Å²) in [5.41, 5.74) is 2.46. The van der Waals surface area contributed by atoms with Crippen molar-refractivity contribution in [2.24, 2.45) is 12.0 Å². The first kappa shape index (κ1) is 24.9. The average Bonchev–Trinajstić information content (AvgIpc) is 3.12. The van der Waals surface area contributed by atoms with E-state index in [2.05, 4.69) is 56.5 Å². The Kier molecular flexibility index (Phi) is 9.86. The molecule has 2 heterocycles. The molecule has 0 saturated carbocycles. The highest BCUT2D eigenvalue weighted by Crippen LogP contribution is 2.17. The lowest BCUT2D eigenvalue weighted by molar-refractivity contribution is 0.171. The lowest BCUT2D eigenvalue weighted by Gasteiger charge is -2.37. The molecule has 1 atom stereocenters. The largest absolute Gasteiger partial charge is 0.354 e. The summed E-state index contributed by atoms with van der Waals surface area (Å²) in [6.45, 7) is 5.65. The van der Waals surface area contributed by atoms with Crippen LogP contribution in [0.25, 0.3) is 0 Å². The minimum atomic E-state index is 0. The predicted molar refractivity (Wildman–Crippen MR) is 135 cm³/mol. The van der Waals surface area contributed by atoms with E-state index < -0.39 is 0 Å². The Morgan fingerprint density at radius 1 is 1.27 bits per heavy atom. The fourth-order valence-corrected chi connectivity index (χ4v) is 3.96. The summed E-state index contributed by atoms with van der Waals surface area (Å²) in [7, 11) is 7.99. The normalized spacial score (nSPS) is 16.5. The van der Waals surface area contributed by atoms with Gasteiger partial charge in [-0.3, -0.25) is 14.6 Å². The summed E-state index contributed by atoms with van der Waals surface area (Å²) >= 11 is 6.11. The van der Waals surface area contributed by atoms with Crippen molar-refractivity contribution in [3.63, 3.8) is 0 Å². The number of aliphatic imine (C=N–C) groups is 1. The third-order valence-corrected chi connectivity index (χ3v) is 5.60. The first-order valence-corrected chi connectivity index (χ1v) is 10.4. The van der Waals surface area contributed by atoms with Gasteiger partial charge in [0.2, 0.25) is 0 Å². The van der Waals surface area contributed by atoms with Crippen molar-refractivity contribution in [2.75, 3.05) is 53.9 Å².